The predicted molar refractivity (Wildman–Crippen MR) is 47.7 cm³/mol. The van der Waals surface area contributed by atoms with Crippen molar-refractivity contribution in [3.63, 3.8) is 0 Å². The van der Waals surface area contributed by atoms with Crippen LogP contribution in [0.3, 0.4) is 0 Å². The molecule has 1 aromatic rings. The van der Waals surface area contributed by atoms with Gasteiger partial charge < -0.3 is 5.32 Å². The average Bonchev–Trinajstić information content (AvgIpc) is 2.96. The molecule has 2 nitrogen and oxygen atoms in total. The lowest BCUT2D eigenvalue weighted by Crippen LogP contribution is -2.15. The van der Waals surface area contributed by atoms with Crippen molar-refractivity contribution >= 4 is 11.6 Å². The van der Waals surface area contributed by atoms with Gasteiger partial charge in [-0.25, -0.2) is 13.2 Å². The fourth-order valence-corrected chi connectivity index (χ4v) is 1.23. The highest BCUT2D eigenvalue weighted by atomic mass is 19.2. The van der Waals surface area contributed by atoms with Gasteiger partial charge in [-0.05, 0) is 12.8 Å². The van der Waals surface area contributed by atoms with Crippen LogP contribution in [0, 0.1) is 23.4 Å². The van der Waals surface area contributed by atoms with Crippen molar-refractivity contribution in [3.05, 3.63) is 29.6 Å². The SMILES string of the molecule is O=C(Nc1cc(F)cc(F)c1F)C1CC1. The second-order valence-corrected chi connectivity index (χ2v) is 3.51. The van der Waals surface area contributed by atoms with E-state index in [1.165, 1.54) is 0 Å². The van der Waals surface area contributed by atoms with E-state index in [2.05, 4.69) is 5.32 Å². The van der Waals surface area contributed by atoms with Crippen molar-refractivity contribution < 1.29 is 18.0 Å². The van der Waals surface area contributed by atoms with E-state index in [0.29, 0.717) is 6.07 Å². The minimum atomic E-state index is -1.30. The molecule has 0 aliphatic heterocycles. The zero-order chi connectivity index (χ0) is 11.0. The van der Waals surface area contributed by atoms with E-state index < -0.39 is 23.1 Å². The van der Waals surface area contributed by atoms with Gasteiger partial charge in [0.25, 0.3) is 0 Å². The molecule has 1 saturated carbocycles. The number of carbonyl (C=O) groups excluding carboxylic acids is 1. The van der Waals surface area contributed by atoms with Gasteiger partial charge in [-0.1, -0.05) is 0 Å². The van der Waals surface area contributed by atoms with Gasteiger partial charge in [-0.15, -0.1) is 0 Å². The van der Waals surface area contributed by atoms with Crippen LogP contribution in [0.1, 0.15) is 12.8 Å². The van der Waals surface area contributed by atoms with E-state index in [0.717, 1.165) is 18.9 Å². The molecule has 1 amide bonds. The van der Waals surface area contributed by atoms with Crippen LogP contribution < -0.4 is 5.32 Å². The van der Waals surface area contributed by atoms with E-state index in [9.17, 15) is 18.0 Å². The smallest absolute Gasteiger partial charge is 0.227 e. The van der Waals surface area contributed by atoms with E-state index in [1.54, 1.807) is 0 Å². The van der Waals surface area contributed by atoms with Crippen LogP contribution in [0.25, 0.3) is 0 Å². The average molecular weight is 215 g/mol. The first-order valence-electron chi connectivity index (χ1n) is 4.53. The maximum atomic E-state index is 13.1. The number of nitrogens with one attached hydrogen (secondary N) is 1. The van der Waals surface area contributed by atoms with Crippen LogP contribution in [0.2, 0.25) is 0 Å². The lowest BCUT2D eigenvalue weighted by molar-refractivity contribution is -0.117. The second-order valence-electron chi connectivity index (χ2n) is 3.51. The Balaban J connectivity index is 2.22. The van der Waals surface area contributed by atoms with E-state index in [4.69, 9.17) is 0 Å². The van der Waals surface area contributed by atoms with E-state index in [1.807, 2.05) is 0 Å². The summed E-state index contributed by atoms with van der Waals surface area (Å²) < 4.78 is 38.5. The minimum absolute atomic E-state index is 0.143. The molecule has 1 aromatic carbocycles. The zero-order valence-corrected chi connectivity index (χ0v) is 7.69. The van der Waals surface area contributed by atoms with Crippen molar-refractivity contribution in [3.8, 4) is 0 Å². The van der Waals surface area contributed by atoms with Crippen molar-refractivity contribution in [2.24, 2.45) is 5.92 Å². The Morgan fingerprint density at radius 3 is 2.53 bits per heavy atom. The number of halogens is 3. The Morgan fingerprint density at radius 2 is 1.93 bits per heavy atom. The first kappa shape index (κ1) is 10.0. The molecule has 0 radical (unpaired) electrons. The highest BCUT2D eigenvalue weighted by molar-refractivity contribution is 5.94. The fraction of sp³-hybridized carbons (Fsp3) is 0.300. The number of anilines is 1. The minimum Gasteiger partial charge on any atom is -0.323 e. The van der Waals surface area contributed by atoms with E-state index >= 15 is 0 Å². The fourth-order valence-electron chi connectivity index (χ4n) is 1.23. The van der Waals surface area contributed by atoms with Crippen LogP contribution >= 0.6 is 0 Å². The summed E-state index contributed by atoms with van der Waals surface area (Å²) in [6, 6.07) is 1.20. The summed E-state index contributed by atoms with van der Waals surface area (Å²) >= 11 is 0. The number of amides is 1. The zero-order valence-electron chi connectivity index (χ0n) is 7.69. The molecule has 80 valence electrons. The molecule has 0 bridgehead atoms. The first-order chi connectivity index (χ1) is 7.08. The van der Waals surface area contributed by atoms with Crippen molar-refractivity contribution in [1.29, 1.82) is 0 Å². The molecular formula is C10H8F3NO. The molecule has 1 N–H and O–H groups in total. The topological polar surface area (TPSA) is 29.1 Å². The molecule has 0 atom stereocenters. The molecule has 0 unspecified atom stereocenters. The van der Waals surface area contributed by atoms with E-state index in [-0.39, 0.29) is 11.8 Å². The second kappa shape index (κ2) is 3.56. The molecule has 15 heavy (non-hydrogen) atoms. The van der Waals surface area contributed by atoms with Gasteiger partial charge in [0, 0.05) is 18.1 Å². The summed E-state index contributed by atoms with van der Waals surface area (Å²) in [7, 11) is 0. The van der Waals surface area contributed by atoms with Crippen LogP contribution in [0.5, 0.6) is 0 Å². The third-order valence-electron chi connectivity index (χ3n) is 2.20. The van der Waals surface area contributed by atoms with Crippen LogP contribution in [0.15, 0.2) is 12.1 Å². The van der Waals surface area contributed by atoms with Gasteiger partial charge in [0.1, 0.15) is 5.82 Å². The molecule has 5 heteroatoms. The lowest BCUT2D eigenvalue weighted by Gasteiger charge is -2.06. The summed E-state index contributed by atoms with van der Waals surface area (Å²) in [5.41, 5.74) is -0.440. The van der Waals surface area contributed by atoms with Gasteiger partial charge >= 0.3 is 0 Å². The van der Waals surface area contributed by atoms with Gasteiger partial charge in [0.2, 0.25) is 5.91 Å². The maximum Gasteiger partial charge on any atom is 0.227 e. The largest absolute Gasteiger partial charge is 0.323 e. The highest BCUT2D eigenvalue weighted by Gasteiger charge is 2.30. The van der Waals surface area contributed by atoms with Crippen LogP contribution in [0.4, 0.5) is 18.9 Å². The number of hydrogen-bond acceptors (Lipinski definition) is 1. The summed E-state index contributed by atoms with van der Waals surface area (Å²) in [5.74, 6) is -3.99. The maximum absolute atomic E-state index is 13.1. The summed E-state index contributed by atoms with van der Waals surface area (Å²) in [5, 5.41) is 2.16. The summed E-state index contributed by atoms with van der Waals surface area (Å²) in [6.45, 7) is 0. The highest BCUT2D eigenvalue weighted by Crippen LogP contribution is 2.30. The molecule has 1 aliphatic rings. The Kier molecular flexibility index (Phi) is 2.38. The lowest BCUT2D eigenvalue weighted by atomic mass is 10.2. The number of benzene rings is 1. The van der Waals surface area contributed by atoms with Gasteiger partial charge in [0.15, 0.2) is 11.6 Å². The van der Waals surface area contributed by atoms with Crippen molar-refractivity contribution in [1.82, 2.24) is 0 Å². The molecule has 0 spiro atoms. The number of rotatable bonds is 2. The van der Waals surface area contributed by atoms with Gasteiger partial charge in [0.05, 0.1) is 5.69 Å². The van der Waals surface area contributed by atoms with Crippen molar-refractivity contribution in [2.75, 3.05) is 5.32 Å². The monoisotopic (exact) mass is 215 g/mol. The molecule has 1 fully saturated rings. The van der Waals surface area contributed by atoms with Gasteiger partial charge in [-0.2, -0.15) is 0 Å². The van der Waals surface area contributed by atoms with Crippen LogP contribution in [-0.4, -0.2) is 5.91 Å². The first-order valence-corrected chi connectivity index (χ1v) is 4.53. The predicted octanol–water partition coefficient (Wildman–Crippen LogP) is 2.45. The van der Waals surface area contributed by atoms with Crippen LogP contribution in [-0.2, 0) is 4.79 Å². The molecule has 0 saturated heterocycles. The van der Waals surface area contributed by atoms with Crippen molar-refractivity contribution in [2.45, 2.75) is 12.8 Å². The summed E-state index contributed by atoms with van der Waals surface area (Å²) in [6.07, 6.45) is 1.48. The Morgan fingerprint density at radius 1 is 1.27 bits per heavy atom. The molecular weight excluding hydrogens is 207 g/mol. The Bertz CT molecular complexity index is 415. The molecule has 1 aliphatic carbocycles. The number of carbonyl (C=O) groups is 1. The third-order valence-corrected chi connectivity index (χ3v) is 2.20. The Labute approximate surface area is 84.1 Å². The normalized spacial score (nSPS) is 15.1. The quantitative estimate of drug-likeness (QED) is 0.754. The molecule has 0 heterocycles. The number of hydrogen-bond donors (Lipinski definition) is 1. The van der Waals surface area contributed by atoms with Gasteiger partial charge in [-0.3, -0.25) is 4.79 Å². The third kappa shape index (κ3) is 2.11. The Hall–Kier alpha value is -1.52. The molecule has 0 aromatic heterocycles. The molecule has 2 rings (SSSR count). The standard InChI is InChI=1S/C10H8F3NO/c11-6-3-7(12)9(13)8(4-6)14-10(15)5-1-2-5/h3-5H,1-2H2,(H,14,15). The summed E-state index contributed by atoms with van der Waals surface area (Å²) in [4.78, 5) is 11.2.